The van der Waals surface area contributed by atoms with Crippen LogP contribution in [0, 0.1) is 0 Å². The van der Waals surface area contributed by atoms with Gasteiger partial charge in [0.25, 0.3) is 10.0 Å². The van der Waals surface area contributed by atoms with Crippen molar-refractivity contribution in [2.75, 3.05) is 16.6 Å². The third-order valence-corrected chi connectivity index (χ3v) is 5.13. The highest BCUT2D eigenvalue weighted by Crippen LogP contribution is 2.18. The second-order valence-electron chi connectivity index (χ2n) is 5.50. The van der Waals surface area contributed by atoms with Gasteiger partial charge in [-0.15, -0.1) is 6.58 Å². The number of para-hydroxylation sites is 2. The molecular weight excluding hydrogens is 382 g/mol. The molecule has 27 heavy (non-hydrogen) atoms. The number of thiocarbonyl (C=S) groups is 1. The Bertz CT molecular complexity index is 1080. The standard InChI is InChI=1S/C18H17N5O2S2/c1-2-11-19-18(26)21-13-7-9-14(10-8-13)27(24,25)23-17-12-20-15-5-3-4-6-16(15)22-17/h2-10,12H,1,11H2,(H,22,23)(H2,19,21,26). The highest BCUT2D eigenvalue weighted by Gasteiger charge is 2.15. The quantitative estimate of drug-likeness (QED) is 0.433. The molecule has 0 radical (unpaired) electrons. The molecule has 0 aliphatic carbocycles. The van der Waals surface area contributed by atoms with E-state index in [-0.39, 0.29) is 10.7 Å². The largest absolute Gasteiger partial charge is 0.359 e. The fraction of sp³-hybridized carbons (Fsp3) is 0.0556. The monoisotopic (exact) mass is 399 g/mol. The van der Waals surface area contributed by atoms with E-state index in [2.05, 4.69) is 31.9 Å². The molecule has 1 heterocycles. The lowest BCUT2D eigenvalue weighted by Crippen LogP contribution is -2.28. The van der Waals surface area contributed by atoms with Crippen LogP contribution >= 0.6 is 12.2 Å². The second-order valence-corrected chi connectivity index (χ2v) is 7.59. The summed E-state index contributed by atoms with van der Waals surface area (Å²) in [6.45, 7) is 4.13. The van der Waals surface area contributed by atoms with E-state index >= 15 is 0 Å². The van der Waals surface area contributed by atoms with Gasteiger partial charge < -0.3 is 10.6 Å². The molecule has 0 spiro atoms. The van der Waals surface area contributed by atoms with Gasteiger partial charge in [-0.2, -0.15) is 0 Å². The minimum absolute atomic E-state index is 0.105. The summed E-state index contributed by atoms with van der Waals surface area (Å²) < 4.78 is 27.6. The molecule has 7 nitrogen and oxygen atoms in total. The average molecular weight is 400 g/mol. The van der Waals surface area contributed by atoms with Crippen molar-refractivity contribution < 1.29 is 8.42 Å². The summed E-state index contributed by atoms with van der Waals surface area (Å²) in [4.78, 5) is 8.58. The zero-order valence-electron chi connectivity index (χ0n) is 14.2. The number of benzene rings is 2. The van der Waals surface area contributed by atoms with Crippen molar-refractivity contribution in [1.29, 1.82) is 0 Å². The fourth-order valence-electron chi connectivity index (χ4n) is 2.26. The molecule has 0 unspecified atom stereocenters. The maximum atomic E-state index is 12.6. The van der Waals surface area contributed by atoms with Crippen molar-refractivity contribution in [3.05, 3.63) is 67.4 Å². The van der Waals surface area contributed by atoms with Crippen molar-refractivity contribution >= 4 is 49.9 Å². The smallest absolute Gasteiger partial charge is 0.263 e. The summed E-state index contributed by atoms with van der Waals surface area (Å²) >= 11 is 5.12. The van der Waals surface area contributed by atoms with Crippen LogP contribution in [0.2, 0.25) is 0 Å². The molecule has 0 aliphatic rings. The average Bonchev–Trinajstić information content (AvgIpc) is 2.66. The van der Waals surface area contributed by atoms with Gasteiger partial charge in [-0.25, -0.2) is 13.4 Å². The third-order valence-electron chi connectivity index (χ3n) is 3.52. The summed E-state index contributed by atoms with van der Waals surface area (Å²) in [5, 5.41) is 6.32. The van der Waals surface area contributed by atoms with E-state index in [9.17, 15) is 8.42 Å². The minimum Gasteiger partial charge on any atom is -0.359 e. The highest BCUT2D eigenvalue weighted by molar-refractivity contribution is 7.92. The van der Waals surface area contributed by atoms with Crippen molar-refractivity contribution in [1.82, 2.24) is 15.3 Å². The lowest BCUT2D eigenvalue weighted by molar-refractivity contribution is 0.601. The summed E-state index contributed by atoms with van der Waals surface area (Å²) in [5.74, 6) is 0.158. The van der Waals surface area contributed by atoms with Crippen molar-refractivity contribution in [2.45, 2.75) is 4.90 Å². The van der Waals surface area contributed by atoms with E-state index in [1.165, 1.54) is 18.3 Å². The van der Waals surface area contributed by atoms with Crippen LogP contribution in [0.15, 0.2) is 72.3 Å². The number of fused-ring (bicyclic) bond motifs is 1. The number of anilines is 2. The van der Waals surface area contributed by atoms with E-state index in [1.54, 1.807) is 30.3 Å². The lowest BCUT2D eigenvalue weighted by Gasteiger charge is -2.11. The fourth-order valence-corrected chi connectivity index (χ4v) is 3.45. The summed E-state index contributed by atoms with van der Waals surface area (Å²) in [6.07, 6.45) is 3.07. The maximum absolute atomic E-state index is 12.6. The number of aromatic nitrogens is 2. The number of nitrogens with one attached hydrogen (secondary N) is 3. The lowest BCUT2D eigenvalue weighted by atomic mass is 10.3. The number of rotatable bonds is 6. The molecule has 3 N–H and O–H groups in total. The first-order valence-electron chi connectivity index (χ1n) is 7.98. The summed E-state index contributed by atoms with van der Waals surface area (Å²) in [6, 6.07) is 13.4. The zero-order valence-corrected chi connectivity index (χ0v) is 15.8. The first-order valence-corrected chi connectivity index (χ1v) is 9.87. The van der Waals surface area contributed by atoms with Crippen molar-refractivity contribution in [3.8, 4) is 0 Å². The Kier molecular flexibility index (Phi) is 5.63. The van der Waals surface area contributed by atoms with E-state index < -0.39 is 10.0 Å². The maximum Gasteiger partial charge on any atom is 0.263 e. The Morgan fingerprint density at radius 1 is 1.11 bits per heavy atom. The number of hydrogen-bond acceptors (Lipinski definition) is 5. The van der Waals surface area contributed by atoms with Gasteiger partial charge in [0, 0.05) is 12.2 Å². The van der Waals surface area contributed by atoms with Crippen LogP contribution in [-0.4, -0.2) is 30.0 Å². The van der Waals surface area contributed by atoms with Crippen LogP contribution in [0.3, 0.4) is 0 Å². The van der Waals surface area contributed by atoms with Crippen molar-refractivity contribution in [3.63, 3.8) is 0 Å². The van der Waals surface area contributed by atoms with Gasteiger partial charge in [0.2, 0.25) is 0 Å². The van der Waals surface area contributed by atoms with Crippen LogP contribution in [0.25, 0.3) is 11.0 Å². The molecule has 0 saturated heterocycles. The number of nitrogens with zero attached hydrogens (tertiary/aromatic N) is 2. The Balaban J connectivity index is 1.73. The molecule has 0 bridgehead atoms. The number of sulfonamides is 1. The van der Waals surface area contributed by atoms with Gasteiger partial charge in [0.1, 0.15) is 0 Å². The predicted octanol–water partition coefficient (Wildman–Crippen LogP) is 2.90. The second kappa shape index (κ2) is 8.11. The Morgan fingerprint density at radius 2 is 1.81 bits per heavy atom. The van der Waals surface area contributed by atoms with Gasteiger partial charge in [-0.3, -0.25) is 9.71 Å². The molecule has 2 aromatic carbocycles. The van der Waals surface area contributed by atoms with Crippen LogP contribution in [0.4, 0.5) is 11.5 Å². The summed E-state index contributed by atoms with van der Waals surface area (Å²) in [5.41, 5.74) is 1.97. The molecule has 3 aromatic rings. The van der Waals surface area contributed by atoms with Gasteiger partial charge in [-0.05, 0) is 48.6 Å². The van der Waals surface area contributed by atoms with Crippen LogP contribution in [0.1, 0.15) is 0 Å². The molecule has 138 valence electrons. The predicted molar refractivity (Wildman–Crippen MR) is 111 cm³/mol. The van der Waals surface area contributed by atoms with E-state index in [0.717, 1.165) is 0 Å². The van der Waals surface area contributed by atoms with E-state index in [4.69, 9.17) is 12.2 Å². The van der Waals surface area contributed by atoms with Gasteiger partial charge in [0.15, 0.2) is 10.9 Å². The first kappa shape index (κ1) is 18.7. The SMILES string of the molecule is C=CCNC(=S)Nc1ccc(S(=O)(=O)Nc2cnc3ccccc3n2)cc1. The zero-order chi connectivity index (χ0) is 19.3. The van der Waals surface area contributed by atoms with Gasteiger partial charge in [0.05, 0.1) is 22.1 Å². The first-order chi connectivity index (χ1) is 13.0. The Hall–Kier alpha value is -3.04. The molecule has 3 rings (SSSR count). The van der Waals surface area contributed by atoms with E-state index in [1.807, 2.05) is 12.1 Å². The molecule has 0 aliphatic heterocycles. The number of hydrogen-bond donors (Lipinski definition) is 3. The van der Waals surface area contributed by atoms with Crippen LogP contribution in [-0.2, 0) is 10.0 Å². The Morgan fingerprint density at radius 3 is 2.52 bits per heavy atom. The van der Waals surface area contributed by atoms with Gasteiger partial charge >= 0.3 is 0 Å². The van der Waals surface area contributed by atoms with Gasteiger partial charge in [-0.1, -0.05) is 18.2 Å². The molecular formula is C18H17N5O2S2. The molecule has 0 atom stereocenters. The highest BCUT2D eigenvalue weighted by atomic mass is 32.2. The topological polar surface area (TPSA) is 96.0 Å². The van der Waals surface area contributed by atoms with E-state index in [0.29, 0.717) is 28.4 Å². The molecule has 0 fully saturated rings. The molecule has 1 aromatic heterocycles. The van der Waals surface area contributed by atoms with Crippen LogP contribution in [0.5, 0.6) is 0 Å². The normalized spacial score (nSPS) is 11.0. The summed E-state index contributed by atoms with van der Waals surface area (Å²) in [7, 11) is -3.78. The Labute approximate surface area is 162 Å². The molecule has 0 amide bonds. The molecule has 9 heteroatoms. The van der Waals surface area contributed by atoms with Crippen LogP contribution < -0.4 is 15.4 Å². The molecule has 0 saturated carbocycles. The van der Waals surface area contributed by atoms with Crippen molar-refractivity contribution in [2.24, 2.45) is 0 Å². The third kappa shape index (κ3) is 4.78. The minimum atomic E-state index is -3.78.